The quantitative estimate of drug-likeness (QED) is 0.101. The number of carbonyl (C=O) groups is 5. The monoisotopic (exact) mass is 680 g/mol. The number of alkyl carbamates (subject to hydrolysis) is 1. The molecule has 0 heterocycles. The van der Waals surface area contributed by atoms with Gasteiger partial charge in [-0.3, -0.25) is 19.2 Å². The molecule has 0 aliphatic carbocycles. The summed E-state index contributed by atoms with van der Waals surface area (Å²) in [5.41, 5.74) is -0.0763. The average molecular weight is 681 g/mol. The van der Waals surface area contributed by atoms with E-state index in [1.54, 1.807) is 60.6 Å². The fourth-order valence-electron chi connectivity index (χ4n) is 4.61. The third kappa shape index (κ3) is 16.3. The predicted molar refractivity (Wildman–Crippen MR) is 179 cm³/mol. The van der Waals surface area contributed by atoms with Gasteiger partial charge in [0.25, 0.3) is 0 Å². The first-order chi connectivity index (χ1) is 22.5. The van der Waals surface area contributed by atoms with Gasteiger partial charge in [-0.05, 0) is 72.1 Å². The van der Waals surface area contributed by atoms with Crippen LogP contribution in [0.15, 0.2) is 24.3 Å². The lowest BCUT2D eigenvalue weighted by atomic mass is 9.96. The summed E-state index contributed by atoms with van der Waals surface area (Å²) in [6.45, 7) is 16.4. The highest BCUT2D eigenvalue weighted by Crippen LogP contribution is 2.15. The van der Waals surface area contributed by atoms with Gasteiger partial charge in [0.1, 0.15) is 29.5 Å². The number of esters is 1. The second-order valence-electron chi connectivity index (χ2n) is 12.5. The number of rotatable bonds is 20. The van der Waals surface area contributed by atoms with E-state index >= 15 is 0 Å². The van der Waals surface area contributed by atoms with Crippen molar-refractivity contribution in [2.75, 3.05) is 19.8 Å². The van der Waals surface area contributed by atoms with Crippen molar-refractivity contribution in [1.29, 1.82) is 0 Å². The van der Waals surface area contributed by atoms with Gasteiger partial charge in [-0.2, -0.15) is 0 Å². The normalized spacial score (nSPS) is 14.5. The van der Waals surface area contributed by atoms with Crippen molar-refractivity contribution in [3.63, 3.8) is 0 Å². The molecule has 0 aliphatic heterocycles. The summed E-state index contributed by atoms with van der Waals surface area (Å²) in [7, 11) is 0. The lowest BCUT2D eigenvalue weighted by Crippen LogP contribution is -2.59. The molecule has 1 rings (SSSR count). The van der Waals surface area contributed by atoms with Crippen molar-refractivity contribution < 1.29 is 48.0 Å². The van der Waals surface area contributed by atoms with E-state index in [4.69, 9.17) is 18.9 Å². The van der Waals surface area contributed by atoms with E-state index in [-0.39, 0.29) is 37.5 Å². The molecule has 0 fully saturated rings. The van der Waals surface area contributed by atoms with E-state index in [1.807, 2.05) is 6.92 Å². The molecule has 0 bridgehead atoms. The first-order valence-electron chi connectivity index (χ1n) is 16.6. The summed E-state index contributed by atoms with van der Waals surface area (Å²) in [5, 5.41) is 20.4. The Morgan fingerprint density at radius 1 is 0.792 bits per heavy atom. The van der Waals surface area contributed by atoms with Crippen LogP contribution in [0, 0.1) is 5.92 Å². The van der Waals surface area contributed by atoms with Gasteiger partial charge < -0.3 is 45.3 Å². The summed E-state index contributed by atoms with van der Waals surface area (Å²) in [4.78, 5) is 65.3. The molecule has 0 saturated carbocycles. The molecule has 5 N–H and O–H groups in total. The molecular weight excluding hydrogens is 624 g/mol. The molecule has 14 nitrogen and oxygen atoms in total. The van der Waals surface area contributed by atoms with E-state index in [0.29, 0.717) is 25.2 Å². The van der Waals surface area contributed by atoms with Gasteiger partial charge in [-0.25, -0.2) is 4.79 Å². The fraction of sp³-hybridized carbons (Fsp3) is 0.676. The highest BCUT2D eigenvalue weighted by atomic mass is 16.7. The third-order valence-corrected chi connectivity index (χ3v) is 7.17. The third-order valence-electron chi connectivity index (χ3n) is 7.17. The van der Waals surface area contributed by atoms with E-state index in [0.717, 1.165) is 0 Å². The second-order valence-corrected chi connectivity index (χ2v) is 12.5. The Morgan fingerprint density at radius 3 is 1.92 bits per heavy atom. The molecule has 0 saturated heterocycles. The van der Waals surface area contributed by atoms with Crippen molar-refractivity contribution >= 4 is 29.8 Å². The molecule has 4 amide bonds. The number of benzene rings is 1. The molecule has 272 valence electrons. The first kappa shape index (κ1) is 42.1. The van der Waals surface area contributed by atoms with Crippen LogP contribution in [0.2, 0.25) is 0 Å². The number of hydrogen-bond acceptors (Lipinski definition) is 10. The number of aromatic hydroxyl groups is 1. The van der Waals surface area contributed by atoms with Crippen LogP contribution >= 0.6 is 0 Å². The summed E-state index contributed by atoms with van der Waals surface area (Å²) in [6.07, 6.45) is -0.900. The number of ether oxygens (including phenoxy) is 4. The van der Waals surface area contributed by atoms with Crippen molar-refractivity contribution in [1.82, 2.24) is 21.3 Å². The fourth-order valence-corrected chi connectivity index (χ4v) is 4.61. The number of carbonyl (C=O) groups excluding carboxylic acids is 5. The first-order valence-corrected chi connectivity index (χ1v) is 16.6. The highest BCUT2D eigenvalue weighted by molar-refractivity contribution is 5.94. The standard InChI is InChI=1S/C34H56N4O10/c1-10-21(5)29(38-31(42)26(37-33(44)47-13-4)18-23-14-16-25(39)17-15-23)32(43)35-22(6)30(41)36-24(19-27(40)48-34(7,8)9)20-28(45-11-2)46-12-3/h14-17,21-22,24,26,28-29,39H,10-13,18-20H2,1-9H3,(H,35,43)(H,36,41)(H,37,44)(H,38,42)/t21-,22-,24-,26-,29-/m0/s1. The van der Waals surface area contributed by atoms with Crippen LogP contribution in [0.25, 0.3) is 0 Å². The van der Waals surface area contributed by atoms with Crippen LogP contribution in [-0.2, 0) is 44.5 Å². The lowest BCUT2D eigenvalue weighted by molar-refractivity contribution is -0.159. The molecule has 1 aromatic rings. The maximum absolute atomic E-state index is 13.5. The Morgan fingerprint density at radius 2 is 1.40 bits per heavy atom. The molecule has 0 spiro atoms. The van der Waals surface area contributed by atoms with Crippen LogP contribution in [0.5, 0.6) is 5.75 Å². The number of phenolic OH excluding ortho intramolecular Hbond substituents is 1. The summed E-state index contributed by atoms with van der Waals surface area (Å²) < 4.78 is 21.7. The molecule has 0 unspecified atom stereocenters. The van der Waals surface area contributed by atoms with Gasteiger partial charge >= 0.3 is 12.1 Å². The number of nitrogens with one attached hydrogen (secondary N) is 4. The predicted octanol–water partition coefficient (Wildman–Crippen LogP) is 3.09. The van der Waals surface area contributed by atoms with Crippen LogP contribution in [0.1, 0.15) is 87.1 Å². The van der Waals surface area contributed by atoms with Gasteiger partial charge in [0, 0.05) is 32.1 Å². The highest BCUT2D eigenvalue weighted by Gasteiger charge is 2.33. The van der Waals surface area contributed by atoms with E-state index in [9.17, 15) is 29.1 Å². The Hall–Kier alpha value is -3.91. The van der Waals surface area contributed by atoms with Crippen molar-refractivity contribution in [2.24, 2.45) is 5.92 Å². The summed E-state index contributed by atoms with van der Waals surface area (Å²) in [6, 6.07) is 2.21. The van der Waals surface area contributed by atoms with Crippen molar-refractivity contribution in [3.05, 3.63) is 29.8 Å². The molecular formula is C34H56N4O10. The average Bonchev–Trinajstić information content (AvgIpc) is 2.99. The van der Waals surface area contributed by atoms with Crippen LogP contribution < -0.4 is 21.3 Å². The number of hydrogen-bond donors (Lipinski definition) is 5. The molecule has 0 aromatic heterocycles. The minimum atomic E-state index is -1.11. The Labute approximate surface area is 284 Å². The van der Waals surface area contributed by atoms with Gasteiger partial charge in [0.2, 0.25) is 17.7 Å². The van der Waals surface area contributed by atoms with Crippen molar-refractivity contribution in [2.45, 2.75) is 124 Å². The molecule has 48 heavy (non-hydrogen) atoms. The van der Waals surface area contributed by atoms with Crippen LogP contribution in [-0.4, -0.2) is 90.8 Å². The molecule has 0 aliphatic rings. The Bertz CT molecular complexity index is 1170. The lowest BCUT2D eigenvalue weighted by Gasteiger charge is -2.29. The van der Waals surface area contributed by atoms with E-state index in [2.05, 4.69) is 21.3 Å². The van der Waals surface area contributed by atoms with Gasteiger partial charge in [0.05, 0.1) is 13.0 Å². The zero-order chi connectivity index (χ0) is 36.4. The van der Waals surface area contributed by atoms with Gasteiger partial charge in [-0.15, -0.1) is 0 Å². The number of amides is 4. The smallest absolute Gasteiger partial charge is 0.407 e. The molecule has 14 heteroatoms. The minimum Gasteiger partial charge on any atom is -0.508 e. The molecule has 5 atom stereocenters. The maximum atomic E-state index is 13.5. The van der Waals surface area contributed by atoms with Gasteiger partial charge in [0.15, 0.2) is 6.29 Å². The summed E-state index contributed by atoms with van der Waals surface area (Å²) in [5.74, 6) is -2.63. The van der Waals surface area contributed by atoms with E-state index < -0.39 is 65.8 Å². The zero-order valence-corrected chi connectivity index (χ0v) is 29.8. The van der Waals surface area contributed by atoms with Crippen LogP contribution in [0.4, 0.5) is 4.79 Å². The summed E-state index contributed by atoms with van der Waals surface area (Å²) >= 11 is 0. The minimum absolute atomic E-state index is 0.0457. The van der Waals surface area contributed by atoms with E-state index in [1.165, 1.54) is 19.1 Å². The second kappa shape index (κ2) is 21.1. The Kier molecular flexibility index (Phi) is 18.5. The Balaban J connectivity index is 3.11. The SMILES string of the molecule is CCOC(=O)N[C@@H](Cc1ccc(O)cc1)C(=O)N[C@H](C(=O)N[C@@H](C)C(=O)N[C@@H](CC(=O)OC(C)(C)C)CC(OCC)OCC)[C@@H](C)CC. The molecule has 0 radical (unpaired) electrons. The molecule has 1 aromatic carbocycles. The van der Waals surface area contributed by atoms with Gasteiger partial charge in [-0.1, -0.05) is 32.4 Å². The largest absolute Gasteiger partial charge is 0.508 e. The van der Waals surface area contributed by atoms with Crippen molar-refractivity contribution in [3.8, 4) is 5.75 Å². The zero-order valence-electron chi connectivity index (χ0n) is 29.8. The van der Waals surface area contributed by atoms with Crippen LogP contribution in [0.3, 0.4) is 0 Å². The topological polar surface area (TPSA) is 191 Å². The maximum Gasteiger partial charge on any atom is 0.407 e. The number of phenols is 1.